The van der Waals surface area contributed by atoms with Gasteiger partial charge >= 0.3 is 0 Å². The molecule has 1 saturated heterocycles. The second kappa shape index (κ2) is 12.9. The molecule has 3 unspecified atom stereocenters. The number of rotatable bonds is 13. The molecule has 0 radical (unpaired) electrons. The Labute approximate surface area is 195 Å². The number of benzene rings is 1. The zero-order valence-electron chi connectivity index (χ0n) is 20.9. The van der Waals surface area contributed by atoms with Crippen molar-refractivity contribution >= 4 is 11.8 Å². The largest absolute Gasteiger partial charge is 0.507 e. The minimum absolute atomic E-state index is 0.00514. The van der Waals surface area contributed by atoms with Crippen LogP contribution in [0.25, 0.3) is 0 Å². The van der Waals surface area contributed by atoms with Crippen molar-refractivity contribution < 1.29 is 14.7 Å². The van der Waals surface area contributed by atoms with Crippen LogP contribution in [0.4, 0.5) is 0 Å². The van der Waals surface area contributed by atoms with Crippen LogP contribution in [0.3, 0.4) is 0 Å². The average Bonchev–Trinajstić information content (AvgIpc) is 3.22. The third-order valence-electron chi connectivity index (χ3n) is 7.05. The second-order valence-electron chi connectivity index (χ2n) is 9.51. The van der Waals surface area contributed by atoms with E-state index in [-0.39, 0.29) is 29.8 Å². The van der Waals surface area contributed by atoms with E-state index >= 15 is 0 Å². The third kappa shape index (κ3) is 6.98. The van der Waals surface area contributed by atoms with E-state index in [9.17, 15) is 14.7 Å². The highest BCUT2D eigenvalue weighted by Gasteiger charge is 2.28. The minimum atomic E-state index is -0.185. The van der Waals surface area contributed by atoms with Crippen LogP contribution in [0.15, 0.2) is 12.1 Å². The molecule has 5 nitrogen and oxygen atoms in total. The first-order valence-electron chi connectivity index (χ1n) is 12.8. The van der Waals surface area contributed by atoms with E-state index in [4.69, 9.17) is 0 Å². The summed E-state index contributed by atoms with van der Waals surface area (Å²) < 4.78 is 0. The normalized spacial score (nSPS) is 16.8. The molecule has 1 fully saturated rings. The van der Waals surface area contributed by atoms with E-state index in [0.29, 0.717) is 25.0 Å². The van der Waals surface area contributed by atoms with E-state index in [0.717, 1.165) is 68.2 Å². The van der Waals surface area contributed by atoms with Gasteiger partial charge < -0.3 is 15.3 Å². The summed E-state index contributed by atoms with van der Waals surface area (Å²) in [5.74, 6) is 1.12. The van der Waals surface area contributed by atoms with Gasteiger partial charge in [-0.2, -0.15) is 0 Å². The van der Waals surface area contributed by atoms with Crippen molar-refractivity contribution in [2.45, 2.75) is 117 Å². The minimum Gasteiger partial charge on any atom is -0.507 e. The Bertz CT molecular complexity index is 730. The van der Waals surface area contributed by atoms with Crippen LogP contribution in [0.2, 0.25) is 0 Å². The van der Waals surface area contributed by atoms with Crippen molar-refractivity contribution in [3.8, 4) is 5.75 Å². The number of nitrogens with zero attached hydrogens (tertiary/aromatic N) is 1. The van der Waals surface area contributed by atoms with Crippen LogP contribution >= 0.6 is 0 Å². The van der Waals surface area contributed by atoms with Gasteiger partial charge in [-0.3, -0.25) is 9.59 Å². The predicted molar refractivity (Wildman–Crippen MR) is 131 cm³/mol. The first kappa shape index (κ1) is 26.2. The molecular weight excluding hydrogens is 400 g/mol. The number of phenols is 1. The number of likely N-dealkylation sites (tertiary alicyclic amines) is 1. The fraction of sp³-hybridized carbons (Fsp3) is 0.704. The highest BCUT2D eigenvalue weighted by Crippen LogP contribution is 2.37. The Morgan fingerprint density at radius 3 is 2.22 bits per heavy atom. The van der Waals surface area contributed by atoms with Crippen molar-refractivity contribution in [3.63, 3.8) is 0 Å². The van der Waals surface area contributed by atoms with Gasteiger partial charge in [0.25, 0.3) is 0 Å². The number of phenolic OH excluding ortho intramolecular Hbond substituents is 1. The Kier molecular flexibility index (Phi) is 10.5. The first-order chi connectivity index (χ1) is 15.3. The maximum absolute atomic E-state index is 12.8. The summed E-state index contributed by atoms with van der Waals surface area (Å²) in [7, 11) is 0. The van der Waals surface area contributed by atoms with Crippen LogP contribution in [-0.4, -0.2) is 34.5 Å². The predicted octanol–water partition coefficient (Wildman–Crippen LogP) is 6.00. The molecule has 2 N–H and O–H groups in total. The maximum atomic E-state index is 12.8. The number of nitrogens with one attached hydrogen (secondary N) is 1. The molecule has 0 spiro atoms. The molecule has 1 aromatic carbocycles. The molecule has 1 aromatic rings. The smallest absolute Gasteiger partial charge is 0.224 e. The van der Waals surface area contributed by atoms with Gasteiger partial charge in [0.1, 0.15) is 11.9 Å². The fourth-order valence-electron chi connectivity index (χ4n) is 4.49. The molecule has 1 aliphatic heterocycles. The molecule has 0 bridgehead atoms. The Morgan fingerprint density at radius 1 is 1.09 bits per heavy atom. The number of aromatic hydroxyl groups is 1. The third-order valence-corrected chi connectivity index (χ3v) is 7.05. The summed E-state index contributed by atoms with van der Waals surface area (Å²) in [4.78, 5) is 27.0. The van der Waals surface area contributed by atoms with Gasteiger partial charge in [-0.05, 0) is 67.1 Å². The molecule has 1 aliphatic rings. The number of unbranched alkanes of at least 4 members (excludes halogenated alkanes) is 2. The fourth-order valence-corrected chi connectivity index (χ4v) is 4.49. The lowest BCUT2D eigenvalue weighted by atomic mass is 9.87. The summed E-state index contributed by atoms with van der Waals surface area (Å²) in [6.07, 6.45) is 8.28. The molecule has 5 heteroatoms. The highest BCUT2D eigenvalue weighted by molar-refractivity contribution is 5.80. The number of hydrogen-bond acceptors (Lipinski definition) is 3. The molecule has 0 aliphatic carbocycles. The second-order valence-corrected chi connectivity index (χ2v) is 9.51. The van der Waals surface area contributed by atoms with Gasteiger partial charge in [-0.15, -0.1) is 0 Å². The van der Waals surface area contributed by atoms with Gasteiger partial charge in [0.2, 0.25) is 11.8 Å². The monoisotopic (exact) mass is 444 g/mol. The standard InChI is InChI=1S/C27H44N2O3/c1-6-9-10-12-24(29-16-11-13-26(29)31)28-25(30)15-14-21-17-22(19(4)7-2)27(32)23(18-21)20(5)8-3/h17-20,24,32H,6-16H2,1-5H3,(H,28,30). The molecule has 180 valence electrons. The number of aryl methyl sites for hydroxylation is 1. The first-order valence-corrected chi connectivity index (χ1v) is 12.8. The van der Waals surface area contributed by atoms with Gasteiger partial charge in [-0.1, -0.05) is 59.6 Å². The molecule has 32 heavy (non-hydrogen) atoms. The molecular formula is C27H44N2O3. The molecule has 2 amide bonds. The molecule has 0 saturated carbocycles. The van der Waals surface area contributed by atoms with Gasteiger partial charge in [0.05, 0.1) is 0 Å². The zero-order valence-corrected chi connectivity index (χ0v) is 20.9. The van der Waals surface area contributed by atoms with Crippen LogP contribution in [0, 0.1) is 0 Å². The number of amides is 2. The van der Waals surface area contributed by atoms with Gasteiger partial charge in [0, 0.05) is 19.4 Å². The Balaban J connectivity index is 2.10. The topological polar surface area (TPSA) is 69.6 Å². The lowest BCUT2D eigenvalue weighted by Crippen LogP contribution is -2.48. The summed E-state index contributed by atoms with van der Waals surface area (Å²) in [5, 5.41) is 14.0. The van der Waals surface area contributed by atoms with Crippen LogP contribution < -0.4 is 5.32 Å². The molecule has 1 heterocycles. The molecule has 0 aromatic heterocycles. The highest BCUT2D eigenvalue weighted by atomic mass is 16.3. The van der Waals surface area contributed by atoms with Crippen molar-refractivity contribution in [2.24, 2.45) is 0 Å². The number of hydrogen-bond donors (Lipinski definition) is 2. The summed E-state index contributed by atoms with van der Waals surface area (Å²) in [6.45, 7) is 11.4. The summed E-state index contributed by atoms with van der Waals surface area (Å²) in [6, 6.07) is 4.15. The molecule has 3 atom stereocenters. The quantitative estimate of drug-likeness (QED) is 0.367. The van der Waals surface area contributed by atoms with Crippen molar-refractivity contribution in [2.75, 3.05) is 6.54 Å². The van der Waals surface area contributed by atoms with Crippen molar-refractivity contribution in [1.29, 1.82) is 0 Å². The van der Waals surface area contributed by atoms with E-state index in [1.807, 2.05) is 4.90 Å². The maximum Gasteiger partial charge on any atom is 0.224 e. The van der Waals surface area contributed by atoms with Crippen LogP contribution in [-0.2, 0) is 16.0 Å². The summed E-state index contributed by atoms with van der Waals surface area (Å²) >= 11 is 0. The van der Waals surface area contributed by atoms with Gasteiger partial charge in [0.15, 0.2) is 0 Å². The SMILES string of the molecule is CCCCCC(NC(=O)CCc1cc(C(C)CC)c(O)c(C(C)CC)c1)N1CCCC1=O. The van der Waals surface area contributed by atoms with Crippen LogP contribution in [0.5, 0.6) is 5.75 Å². The van der Waals surface area contributed by atoms with Crippen LogP contribution in [0.1, 0.15) is 121 Å². The Hall–Kier alpha value is -2.04. The lowest BCUT2D eigenvalue weighted by Gasteiger charge is -2.29. The number of carbonyl (C=O) groups is 2. The van der Waals surface area contributed by atoms with Crippen molar-refractivity contribution in [1.82, 2.24) is 10.2 Å². The van der Waals surface area contributed by atoms with Crippen molar-refractivity contribution in [3.05, 3.63) is 28.8 Å². The average molecular weight is 445 g/mol. The molecule has 2 rings (SSSR count). The van der Waals surface area contributed by atoms with E-state index in [1.54, 1.807) is 0 Å². The van der Waals surface area contributed by atoms with E-state index in [1.165, 1.54) is 0 Å². The van der Waals surface area contributed by atoms with Gasteiger partial charge in [-0.25, -0.2) is 0 Å². The van der Waals surface area contributed by atoms with E-state index < -0.39 is 0 Å². The van der Waals surface area contributed by atoms with E-state index in [2.05, 4.69) is 52.1 Å². The summed E-state index contributed by atoms with van der Waals surface area (Å²) in [5.41, 5.74) is 3.07. The zero-order chi connectivity index (χ0) is 23.7. The Morgan fingerprint density at radius 2 is 1.72 bits per heavy atom. The lowest BCUT2D eigenvalue weighted by molar-refractivity contribution is -0.132. The number of carbonyl (C=O) groups excluding carboxylic acids is 2.